The van der Waals surface area contributed by atoms with E-state index >= 15 is 0 Å². The second kappa shape index (κ2) is 10.4. The summed E-state index contributed by atoms with van der Waals surface area (Å²) in [6, 6.07) is 3.37. The van der Waals surface area contributed by atoms with Crippen molar-refractivity contribution in [3.8, 4) is 0 Å². The van der Waals surface area contributed by atoms with Gasteiger partial charge in [0.25, 0.3) is 0 Å². The molecule has 10 heteroatoms. The van der Waals surface area contributed by atoms with Crippen LogP contribution in [0.4, 0.5) is 0 Å². The molecule has 0 spiro atoms. The van der Waals surface area contributed by atoms with Crippen molar-refractivity contribution in [1.29, 1.82) is 0 Å². The van der Waals surface area contributed by atoms with E-state index in [4.69, 9.17) is 0 Å². The van der Waals surface area contributed by atoms with E-state index in [1.165, 1.54) is 10.5 Å². The fourth-order valence-corrected chi connectivity index (χ4v) is 4.74. The molecule has 2 aliphatic heterocycles. The van der Waals surface area contributed by atoms with Crippen molar-refractivity contribution in [3.63, 3.8) is 0 Å². The van der Waals surface area contributed by atoms with Crippen LogP contribution in [0.3, 0.4) is 0 Å². The molecule has 1 aromatic rings. The molecule has 7 nitrogen and oxygen atoms in total. The summed E-state index contributed by atoms with van der Waals surface area (Å²) >= 11 is 0. The van der Waals surface area contributed by atoms with Crippen molar-refractivity contribution in [2.45, 2.75) is 36.6 Å². The molecule has 2 aliphatic rings. The summed E-state index contributed by atoms with van der Waals surface area (Å²) in [4.78, 5) is 16.5. The Morgan fingerprint density at radius 1 is 1.23 bits per heavy atom. The molecule has 1 aromatic heterocycles. The van der Waals surface area contributed by atoms with Crippen LogP contribution >= 0.6 is 24.8 Å². The molecule has 1 amide bonds. The lowest BCUT2D eigenvalue weighted by molar-refractivity contribution is -0.126. The Labute approximate surface area is 167 Å². The number of carbonyl (C=O) groups is 1. The van der Waals surface area contributed by atoms with Crippen LogP contribution in [0.1, 0.15) is 25.7 Å². The van der Waals surface area contributed by atoms with Crippen LogP contribution in [0.2, 0.25) is 0 Å². The van der Waals surface area contributed by atoms with Crippen LogP contribution < -0.4 is 10.6 Å². The van der Waals surface area contributed by atoms with Crippen molar-refractivity contribution in [1.82, 2.24) is 19.9 Å². The molecule has 0 unspecified atom stereocenters. The highest BCUT2D eigenvalue weighted by Gasteiger charge is 2.32. The zero-order chi connectivity index (χ0) is 17.0. The second-order valence-electron chi connectivity index (χ2n) is 6.42. The zero-order valence-corrected chi connectivity index (χ0v) is 16.9. The lowest BCUT2D eigenvalue weighted by Gasteiger charge is -2.32. The summed E-state index contributed by atoms with van der Waals surface area (Å²) in [5.41, 5.74) is 0. The van der Waals surface area contributed by atoms with Gasteiger partial charge in [-0.3, -0.25) is 9.78 Å². The summed E-state index contributed by atoms with van der Waals surface area (Å²) in [5.74, 6) is -0.0469. The number of amides is 1. The van der Waals surface area contributed by atoms with Gasteiger partial charge in [0, 0.05) is 44.0 Å². The normalized spacial score (nSPS) is 21.9. The largest absolute Gasteiger partial charge is 0.352 e. The number of piperidine rings is 2. The lowest BCUT2D eigenvalue weighted by Crippen LogP contribution is -2.49. The Kier molecular flexibility index (Phi) is 9.26. The second-order valence-corrected chi connectivity index (χ2v) is 8.36. The molecule has 148 valence electrons. The van der Waals surface area contributed by atoms with Crippen molar-refractivity contribution in [2.24, 2.45) is 5.92 Å². The fraction of sp³-hybridized carbons (Fsp3) is 0.625. The molecule has 26 heavy (non-hydrogen) atoms. The first-order chi connectivity index (χ1) is 11.6. The van der Waals surface area contributed by atoms with Gasteiger partial charge < -0.3 is 10.6 Å². The molecule has 3 heterocycles. The minimum Gasteiger partial charge on any atom is -0.352 e. The van der Waals surface area contributed by atoms with Crippen LogP contribution in [0.5, 0.6) is 0 Å². The van der Waals surface area contributed by atoms with Crippen molar-refractivity contribution in [2.75, 3.05) is 26.2 Å². The SMILES string of the molecule is Cl.Cl.O=C(N[C@H]1CCCNC1)C1CCN(S(=O)(=O)c2cccnc2)CC1. The summed E-state index contributed by atoms with van der Waals surface area (Å²) in [7, 11) is -3.51. The third kappa shape index (κ3) is 5.53. The molecule has 0 radical (unpaired) electrons. The van der Waals surface area contributed by atoms with Crippen molar-refractivity contribution >= 4 is 40.7 Å². The first-order valence-corrected chi connectivity index (χ1v) is 9.92. The number of carbonyl (C=O) groups excluding carboxylic acids is 1. The highest BCUT2D eigenvalue weighted by molar-refractivity contribution is 7.89. The van der Waals surface area contributed by atoms with Crippen LogP contribution in [-0.4, -0.2) is 55.8 Å². The van der Waals surface area contributed by atoms with Crippen molar-refractivity contribution in [3.05, 3.63) is 24.5 Å². The predicted molar refractivity (Wildman–Crippen MR) is 104 cm³/mol. The van der Waals surface area contributed by atoms with Gasteiger partial charge in [0.1, 0.15) is 4.90 Å². The Hall–Kier alpha value is -0.930. The average molecular weight is 425 g/mol. The maximum atomic E-state index is 12.6. The van der Waals surface area contributed by atoms with Crippen LogP contribution in [0.25, 0.3) is 0 Å². The molecule has 1 atom stereocenters. The summed E-state index contributed by atoms with van der Waals surface area (Å²) in [6.07, 6.45) is 6.12. The van der Waals surface area contributed by atoms with E-state index in [1.807, 2.05) is 0 Å². The Morgan fingerprint density at radius 2 is 1.96 bits per heavy atom. The minimum absolute atomic E-state index is 0. The summed E-state index contributed by atoms with van der Waals surface area (Å²) < 4.78 is 26.6. The van der Waals surface area contributed by atoms with Gasteiger partial charge in [0.2, 0.25) is 15.9 Å². The van der Waals surface area contributed by atoms with Gasteiger partial charge in [-0.05, 0) is 44.4 Å². The molecule has 0 aliphatic carbocycles. The monoisotopic (exact) mass is 424 g/mol. The molecular formula is C16H26Cl2N4O3S. The molecule has 2 saturated heterocycles. The highest BCUT2D eigenvalue weighted by atomic mass is 35.5. The van der Waals surface area contributed by atoms with Gasteiger partial charge in [-0.15, -0.1) is 24.8 Å². The fourth-order valence-electron chi connectivity index (χ4n) is 3.30. The maximum absolute atomic E-state index is 12.6. The third-order valence-electron chi connectivity index (χ3n) is 4.74. The number of pyridine rings is 1. The number of hydrogen-bond acceptors (Lipinski definition) is 5. The Morgan fingerprint density at radius 3 is 2.54 bits per heavy atom. The number of nitrogens with one attached hydrogen (secondary N) is 2. The number of nitrogens with zero attached hydrogens (tertiary/aromatic N) is 2. The smallest absolute Gasteiger partial charge is 0.244 e. The lowest BCUT2D eigenvalue weighted by atomic mass is 9.96. The van der Waals surface area contributed by atoms with E-state index in [9.17, 15) is 13.2 Å². The topological polar surface area (TPSA) is 91.4 Å². The van der Waals surface area contributed by atoms with E-state index in [0.717, 1.165) is 25.9 Å². The van der Waals surface area contributed by atoms with E-state index in [2.05, 4.69) is 15.6 Å². The van der Waals surface area contributed by atoms with E-state index in [-0.39, 0.29) is 47.6 Å². The van der Waals surface area contributed by atoms with Gasteiger partial charge in [-0.2, -0.15) is 4.31 Å². The number of aromatic nitrogens is 1. The van der Waals surface area contributed by atoms with Gasteiger partial charge in [0.15, 0.2) is 0 Å². The minimum atomic E-state index is -3.51. The number of rotatable bonds is 4. The number of sulfonamides is 1. The first-order valence-electron chi connectivity index (χ1n) is 8.48. The van der Waals surface area contributed by atoms with E-state index in [1.54, 1.807) is 18.3 Å². The molecule has 3 rings (SSSR count). The van der Waals surface area contributed by atoms with E-state index < -0.39 is 10.0 Å². The summed E-state index contributed by atoms with van der Waals surface area (Å²) in [6.45, 7) is 2.58. The third-order valence-corrected chi connectivity index (χ3v) is 6.62. The number of hydrogen-bond donors (Lipinski definition) is 2. The van der Waals surface area contributed by atoms with E-state index in [0.29, 0.717) is 25.9 Å². The van der Waals surface area contributed by atoms with Crippen LogP contribution in [0, 0.1) is 5.92 Å². The van der Waals surface area contributed by atoms with Crippen LogP contribution in [0.15, 0.2) is 29.4 Å². The van der Waals surface area contributed by atoms with Gasteiger partial charge in [-0.1, -0.05) is 0 Å². The Balaban J connectivity index is 0.00000169. The standard InChI is InChI=1S/C16H24N4O3S.2ClH/c21-16(19-14-3-1-7-17-11-14)13-5-9-20(10-6-13)24(22,23)15-4-2-8-18-12-15;;/h2,4,8,12-14,17H,1,3,5-7,9-11H2,(H,19,21);2*1H/t14-;;/m0../s1. The summed E-state index contributed by atoms with van der Waals surface area (Å²) in [5, 5.41) is 6.37. The van der Waals surface area contributed by atoms with Crippen molar-refractivity contribution < 1.29 is 13.2 Å². The zero-order valence-electron chi connectivity index (χ0n) is 14.5. The molecule has 0 saturated carbocycles. The molecule has 0 aromatic carbocycles. The Bertz CT molecular complexity index is 661. The molecular weight excluding hydrogens is 399 g/mol. The van der Waals surface area contributed by atoms with Crippen LogP contribution in [-0.2, 0) is 14.8 Å². The highest BCUT2D eigenvalue weighted by Crippen LogP contribution is 2.23. The average Bonchev–Trinajstić information content (AvgIpc) is 2.63. The van der Waals surface area contributed by atoms with Gasteiger partial charge >= 0.3 is 0 Å². The van der Waals surface area contributed by atoms with Gasteiger partial charge in [0.05, 0.1) is 0 Å². The quantitative estimate of drug-likeness (QED) is 0.757. The molecule has 2 N–H and O–H groups in total. The maximum Gasteiger partial charge on any atom is 0.244 e. The predicted octanol–water partition coefficient (Wildman–Crippen LogP) is 1.19. The first kappa shape index (κ1) is 23.1. The molecule has 2 fully saturated rings. The van der Waals surface area contributed by atoms with Gasteiger partial charge in [-0.25, -0.2) is 8.42 Å². The molecule has 0 bridgehead atoms. The number of halogens is 2.